The van der Waals surface area contributed by atoms with E-state index in [0.717, 1.165) is 37.7 Å². The molecule has 2 unspecified atom stereocenters. The highest BCUT2D eigenvalue weighted by atomic mass is 16.5. The van der Waals surface area contributed by atoms with Crippen LogP contribution in [-0.4, -0.2) is 42.4 Å². The fraction of sp³-hybridized carbons (Fsp3) is 0.647. The minimum Gasteiger partial charge on any atom is -0.494 e. The molecule has 3 heteroatoms. The minimum atomic E-state index is -0.0539. The van der Waals surface area contributed by atoms with Gasteiger partial charge < -0.3 is 14.7 Å². The van der Waals surface area contributed by atoms with Crippen molar-refractivity contribution in [1.82, 2.24) is 4.90 Å². The van der Waals surface area contributed by atoms with Crippen LogP contribution in [0.4, 0.5) is 0 Å². The monoisotopic (exact) mass is 275 g/mol. The third-order valence-electron chi connectivity index (χ3n) is 5.01. The highest BCUT2D eigenvalue weighted by Gasteiger charge is 2.48. The van der Waals surface area contributed by atoms with Gasteiger partial charge in [0.2, 0.25) is 0 Å². The van der Waals surface area contributed by atoms with Crippen molar-refractivity contribution in [2.24, 2.45) is 11.8 Å². The predicted octanol–water partition coefficient (Wildman–Crippen LogP) is 2.55. The van der Waals surface area contributed by atoms with Crippen molar-refractivity contribution in [3.63, 3.8) is 0 Å². The number of hydrogen-bond donors (Lipinski definition) is 1. The van der Waals surface area contributed by atoms with Gasteiger partial charge in [0.15, 0.2) is 0 Å². The first-order valence-corrected chi connectivity index (χ1v) is 7.82. The summed E-state index contributed by atoms with van der Waals surface area (Å²) in [5, 5.41) is 10.0. The maximum Gasteiger partial charge on any atom is 0.119 e. The van der Waals surface area contributed by atoms with Gasteiger partial charge in [-0.25, -0.2) is 0 Å². The van der Waals surface area contributed by atoms with Crippen molar-refractivity contribution in [3.8, 4) is 5.75 Å². The molecular formula is C17H25NO2. The van der Waals surface area contributed by atoms with E-state index in [-0.39, 0.29) is 6.10 Å². The van der Waals surface area contributed by atoms with E-state index in [9.17, 15) is 5.11 Å². The normalized spacial score (nSPS) is 31.9. The first kappa shape index (κ1) is 13.9. The highest BCUT2D eigenvalue weighted by molar-refractivity contribution is 5.20. The van der Waals surface area contributed by atoms with Gasteiger partial charge in [0.1, 0.15) is 5.75 Å². The molecule has 0 aromatic heterocycles. The lowest BCUT2D eigenvalue weighted by Gasteiger charge is -2.28. The molecule has 1 aromatic rings. The topological polar surface area (TPSA) is 32.7 Å². The van der Waals surface area contributed by atoms with Gasteiger partial charge in [-0.15, -0.1) is 0 Å². The predicted molar refractivity (Wildman–Crippen MR) is 79.8 cm³/mol. The van der Waals surface area contributed by atoms with E-state index in [0.29, 0.717) is 12.0 Å². The Hall–Kier alpha value is -1.06. The number of benzene rings is 1. The van der Waals surface area contributed by atoms with Crippen LogP contribution in [0.2, 0.25) is 0 Å². The Morgan fingerprint density at radius 1 is 1.25 bits per heavy atom. The molecule has 1 aromatic carbocycles. The fourth-order valence-corrected chi connectivity index (χ4v) is 4.12. The Labute approximate surface area is 121 Å². The van der Waals surface area contributed by atoms with Gasteiger partial charge in [0.05, 0.1) is 12.7 Å². The van der Waals surface area contributed by atoms with Gasteiger partial charge in [-0.05, 0) is 50.8 Å². The zero-order valence-corrected chi connectivity index (χ0v) is 12.2. The smallest absolute Gasteiger partial charge is 0.119 e. The van der Waals surface area contributed by atoms with Crippen molar-refractivity contribution in [3.05, 3.63) is 30.3 Å². The maximum atomic E-state index is 10.0. The van der Waals surface area contributed by atoms with Crippen LogP contribution in [0.1, 0.15) is 25.7 Å². The Bertz CT molecular complexity index is 422. The van der Waals surface area contributed by atoms with Crippen LogP contribution in [0.3, 0.4) is 0 Å². The number of nitrogens with zero attached hydrogens (tertiary/aromatic N) is 1. The molecule has 0 saturated heterocycles. The summed E-state index contributed by atoms with van der Waals surface area (Å²) in [6.07, 6.45) is 4.51. The highest BCUT2D eigenvalue weighted by Crippen LogP contribution is 2.46. The molecule has 2 aliphatic rings. The van der Waals surface area contributed by atoms with Gasteiger partial charge in [0, 0.05) is 18.5 Å². The largest absolute Gasteiger partial charge is 0.494 e. The summed E-state index contributed by atoms with van der Waals surface area (Å²) in [4.78, 5) is 2.45. The molecule has 0 spiro atoms. The average molecular weight is 275 g/mol. The summed E-state index contributed by atoms with van der Waals surface area (Å²) in [5.41, 5.74) is 0. The molecule has 2 bridgehead atoms. The molecule has 20 heavy (non-hydrogen) atoms. The van der Waals surface area contributed by atoms with Crippen molar-refractivity contribution >= 4 is 0 Å². The third kappa shape index (κ3) is 2.84. The average Bonchev–Trinajstić information content (AvgIpc) is 3.01. The van der Waals surface area contributed by atoms with Crippen molar-refractivity contribution in [1.29, 1.82) is 0 Å². The van der Waals surface area contributed by atoms with Crippen LogP contribution in [0.15, 0.2) is 30.3 Å². The molecule has 2 saturated carbocycles. The summed E-state index contributed by atoms with van der Waals surface area (Å²) in [5.74, 6) is 2.18. The summed E-state index contributed by atoms with van der Waals surface area (Å²) in [7, 11) is 2.20. The standard InChI is InChI=1S/C17H25NO2/c1-18(17-13-8-9-15(17)16(19)12-13)10-5-11-20-14-6-3-2-4-7-14/h2-4,6-7,13,15-17,19H,5,8-12H2,1H3/t13?,15-,16-,17?/m1/s1. The molecular weight excluding hydrogens is 250 g/mol. The Balaban J connectivity index is 1.41. The molecule has 3 nitrogen and oxygen atoms in total. The number of aliphatic hydroxyl groups is 1. The van der Waals surface area contributed by atoms with E-state index in [2.05, 4.69) is 11.9 Å². The molecule has 0 aliphatic heterocycles. The second kappa shape index (κ2) is 6.15. The van der Waals surface area contributed by atoms with Gasteiger partial charge in [-0.1, -0.05) is 18.2 Å². The lowest BCUT2D eigenvalue weighted by Crippen LogP contribution is -2.37. The molecule has 1 N–H and O–H groups in total. The third-order valence-corrected chi connectivity index (χ3v) is 5.01. The lowest BCUT2D eigenvalue weighted by molar-refractivity contribution is 0.0947. The second-order valence-corrected chi connectivity index (χ2v) is 6.29. The molecule has 2 fully saturated rings. The van der Waals surface area contributed by atoms with Gasteiger partial charge in [-0.2, -0.15) is 0 Å². The van der Waals surface area contributed by atoms with Crippen molar-refractivity contribution in [2.45, 2.75) is 37.8 Å². The van der Waals surface area contributed by atoms with E-state index in [1.54, 1.807) is 0 Å². The lowest BCUT2D eigenvalue weighted by atomic mass is 9.98. The molecule has 0 radical (unpaired) electrons. The van der Waals surface area contributed by atoms with Crippen LogP contribution in [0.25, 0.3) is 0 Å². The fourth-order valence-electron chi connectivity index (χ4n) is 4.12. The van der Waals surface area contributed by atoms with Crippen LogP contribution >= 0.6 is 0 Å². The first-order valence-electron chi connectivity index (χ1n) is 7.82. The number of rotatable bonds is 6. The maximum absolute atomic E-state index is 10.0. The number of ether oxygens (including phenoxy) is 1. The van der Waals surface area contributed by atoms with Gasteiger partial charge in [-0.3, -0.25) is 0 Å². The second-order valence-electron chi connectivity index (χ2n) is 6.29. The van der Waals surface area contributed by atoms with Crippen LogP contribution in [0, 0.1) is 11.8 Å². The van der Waals surface area contributed by atoms with Crippen molar-refractivity contribution in [2.75, 3.05) is 20.2 Å². The molecule has 2 aliphatic carbocycles. The molecule has 0 amide bonds. The Morgan fingerprint density at radius 3 is 2.70 bits per heavy atom. The zero-order chi connectivity index (χ0) is 13.9. The number of hydrogen-bond acceptors (Lipinski definition) is 3. The van der Waals surface area contributed by atoms with Crippen LogP contribution in [0.5, 0.6) is 5.75 Å². The van der Waals surface area contributed by atoms with E-state index in [1.165, 1.54) is 12.8 Å². The van der Waals surface area contributed by atoms with E-state index in [4.69, 9.17) is 4.74 Å². The van der Waals surface area contributed by atoms with Gasteiger partial charge in [0.25, 0.3) is 0 Å². The Kier molecular flexibility index (Phi) is 4.27. The number of aliphatic hydroxyl groups excluding tert-OH is 1. The molecule has 3 rings (SSSR count). The zero-order valence-electron chi connectivity index (χ0n) is 12.2. The summed E-state index contributed by atoms with van der Waals surface area (Å²) >= 11 is 0. The van der Waals surface area contributed by atoms with Crippen LogP contribution in [-0.2, 0) is 0 Å². The van der Waals surface area contributed by atoms with Crippen molar-refractivity contribution < 1.29 is 9.84 Å². The van der Waals surface area contributed by atoms with E-state index < -0.39 is 0 Å². The van der Waals surface area contributed by atoms with Gasteiger partial charge >= 0.3 is 0 Å². The Morgan fingerprint density at radius 2 is 2.05 bits per heavy atom. The summed E-state index contributed by atoms with van der Waals surface area (Å²) < 4.78 is 5.73. The summed E-state index contributed by atoms with van der Waals surface area (Å²) in [6.45, 7) is 1.82. The molecule has 0 heterocycles. The SMILES string of the molecule is CN(CCCOc1ccccc1)C1C2CC[C@@H]1[C@H](O)C2. The number of fused-ring (bicyclic) bond motifs is 2. The first-order chi connectivity index (χ1) is 9.75. The molecule has 4 atom stereocenters. The van der Waals surface area contributed by atoms with Crippen LogP contribution < -0.4 is 4.74 Å². The van der Waals surface area contributed by atoms with E-state index >= 15 is 0 Å². The summed E-state index contributed by atoms with van der Waals surface area (Å²) in [6, 6.07) is 10.6. The minimum absolute atomic E-state index is 0.0539. The quantitative estimate of drug-likeness (QED) is 0.810. The molecule has 110 valence electrons. The van der Waals surface area contributed by atoms with E-state index in [1.807, 2.05) is 30.3 Å². The number of para-hydroxylation sites is 1.